The molecule has 1 atom stereocenters. The van der Waals surface area contributed by atoms with Crippen LogP contribution in [0.25, 0.3) is 0 Å². The molecule has 2 aromatic carbocycles. The highest BCUT2D eigenvalue weighted by atomic mass is 19.1. The van der Waals surface area contributed by atoms with E-state index >= 15 is 0 Å². The minimum Gasteiger partial charge on any atom is -0.496 e. The Bertz CT molecular complexity index is 792. The van der Waals surface area contributed by atoms with Crippen LogP contribution in [0, 0.1) is 22.9 Å². The first kappa shape index (κ1) is 17.4. The number of carbonyl (C=O) groups is 1. The zero-order valence-electron chi connectivity index (χ0n) is 13.5. The van der Waals surface area contributed by atoms with Crippen molar-refractivity contribution < 1.29 is 18.8 Å². The fourth-order valence-corrected chi connectivity index (χ4v) is 2.34. The smallest absolute Gasteiger partial charge is 0.305 e. The molecule has 0 aliphatic heterocycles. The number of nitro benzene ring substituents is 1. The molecule has 0 aliphatic carbocycles. The highest BCUT2D eigenvalue weighted by Gasteiger charge is 2.20. The number of amides is 1. The van der Waals surface area contributed by atoms with Gasteiger partial charge in [0.25, 0.3) is 5.91 Å². The van der Waals surface area contributed by atoms with E-state index in [9.17, 15) is 19.3 Å². The van der Waals surface area contributed by atoms with Gasteiger partial charge in [0.1, 0.15) is 5.75 Å². The lowest BCUT2D eigenvalue weighted by Gasteiger charge is -2.18. The number of nitrogens with one attached hydrogen (secondary N) is 1. The fraction of sp³-hybridized carbons (Fsp3) is 0.235. The first-order valence-electron chi connectivity index (χ1n) is 7.23. The van der Waals surface area contributed by atoms with Crippen molar-refractivity contribution in [2.75, 3.05) is 7.11 Å². The highest BCUT2D eigenvalue weighted by Crippen LogP contribution is 2.26. The molecule has 0 aromatic heterocycles. The van der Waals surface area contributed by atoms with Gasteiger partial charge in [-0.05, 0) is 32.0 Å². The van der Waals surface area contributed by atoms with Crippen LogP contribution in [-0.2, 0) is 0 Å². The summed E-state index contributed by atoms with van der Waals surface area (Å²) in [6.07, 6.45) is 0. The molecule has 126 valence electrons. The van der Waals surface area contributed by atoms with Crippen molar-refractivity contribution in [1.82, 2.24) is 5.32 Å². The van der Waals surface area contributed by atoms with Crippen molar-refractivity contribution >= 4 is 11.6 Å². The summed E-state index contributed by atoms with van der Waals surface area (Å²) in [6, 6.07) is 8.22. The molecule has 1 N–H and O–H groups in total. The van der Waals surface area contributed by atoms with Crippen molar-refractivity contribution in [2.45, 2.75) is 19.9 Å². The fourth-order valence-electron chi connectivity index (χ4n) is 2.34. The van der Waals surface area contributed by atoms with Crippen molar-refractivity contribution in [3.63, 3.8) is 0 Å². The van der Waals surface area contributed by atoms with Crippen molar-refractivity contribution in [2.24, 2.45) is 0 Å². The predicted octanol–water partition coefficient (Wildman–Crippen LogP) is 3.54. The predicted molar refractivity (Wildman–Crippen MR) is 86.7 cm³/mol. The molecule has 0 radical (unpaired) electrons. The van der Waals surface area contributed by atoms with Crippen molar-refractivity contribution in [3.8, 4) is 5.75 Å². The van der Waals surface area contributed by atoms with Gasteiger partial charge >= 0.3 is 5.69 Å². The number of nitro groups is 1. The molecule has 0 saturated heterocycles. The minimum absolute atomic E-state index is 0.0153. The van der Waals surface area contributed by atoms with Gasteiger partial charge in [-0.1, -0.05) is 17.7 Å². The first-order chi connectivity index (χ1) is 11.3. The molecule has 2 aromatic rings. The van der Waals surface area contributed by atoms with Crippen LogP contribution in [0.2, 0.25) is 0 Å². The van der Waals surface area contributed by atoms with Crippen LogP contribution in [0.5, 0.6) is 5.75 Å². The van der Waals surface area contributed by atoms with E-state index < -0.39 is 28.4 Å². The van der Waals surface area contributed by atoms with E-state index in [0.717, 1.165) is 23.3 Å². The average Bonchev–Trinajstić information content (AvgIpc) is 2.54. The monoisotopic (exact) mass is 332 g/mol. The summed E-state index contributed by atoms with van der Waals surface area (Å²) in [5.74, 6) is -0.891. The molecule has 0 aliphatic rings. The van der Waals surface area contributed by atoms with Gasteiger partial charge in [0.15, 0.2) is 0 Å². The number of hydrogen-bond donors (Lipinski definition) is 1. The summed E-state index contributed by atoms with van der Waals surface area (Å²) >= 11 is 0. The van der Waals surface area contributed by atoms with Crippen LogP contribution in [0.1, 0.15) is 34.5 Å². The largest absolute Gasteiger partial charge is 0.496 e. The molecule has 24 heavy (non-hydrogen) atoms. The van der Waals surface area contributed by atoms with Gasteiger partial charge in [-0.15, -0.1) is 0 Å². The zero-order chi connectivity index (χ0) is 17.9. The molecule has 0 fully saturated rings. The third-order valence-electron chi connectivity index (χ3n) is 3.60. The Morgan fingerprint density at radius 1 is 1.29 bits per heavy atom. The summed E-state index contributed by atoms with van der Waals surface area (Å²) in [5, 5.41) is 13.5. The lowest BCUT2D eigenvalue weighted by atomic mass is 10.0. The summed E-state index contributed by atoms with van der Waals surface area (Å²) < 4.78 is 18.6. The van der Waals surface area contributed by atoms with Crippen LogP contribution >= 0.6 is 0 Å². The minimum atomic E-state index is -0.982. The van der Waals surface area contributed by atoms with Gasteiger partial charge in [0.2, 0.25) is 5.82 Å². The molecule has 0 unspecified atom stereocenters. The van der Waals surface area contributed by atoms with E-state index in [1.165, 1.54) is 13.2 Å². The van der Waals surface area contributed by atoms with Gasteiger partial charge in [0, 0.05) is 17.2 Å². The van der Waals surface area contributed by atoms with Crippen LogP contribution in [0.4, 0.5) is 10.1 Å². The average molecular weight is 332 g/mol. The molecular weight excluding hydrogens is 315 g/mol. The van der Waals surface area contributed by atoms with Crippen molar-refractivity contribution in [1.29, 1.82) is 0 Å². The third kappa shape index (κ3) is 3.68. The lowest BCUT2D eigenvalue weighted by Crippen LogP contribution is -2.27. The number of rotatable bonds is 5. The molecule has 0 heterocycles. The SMILES string of the molecule is COc1ccc(C)cc1[C@H](C)NC(=O)c1ccc(F)c([N+](=O)[O-])c1. The first-order valence-corrected chi connectivity index (χ1v) is 7.23. The van der Waals surface area contributed by atoms with E-state index in [4.69, 9.17) is 4.74 Å². The van der Waals surface area contributed by atoms with E-state index in [1.54, 1.807) is 13.0 Å². The van der Waals surface area contributed by atoms with Gasteiger partial charge in [-0.25, -0.2) is 0 Å². The Labute approximate surface area is 138 Å². The Morgan fingerprint density at radius 2 is 2.00 bits per heavy atom. The van der Waals surface area contributed by atoms with E-state index in [0.29, 0.717) is 5.75 Å². The molecule has 0 saturated carbocycles. The van der Waals surface area contributed by atoms with Crippen LogP contribution in [0.15, 0.2) is 36.4 Å². The molecule has 2 rings (SSSR count). The van der Waals surface area contributed by atoms with E-state index in [-0.39, 0.29) is 5.56 Å². The topological polar surface area (TPSA) is 81.5 Å². The van der Waals surface area contributed by atoms with Crippen LogP contribution < -0.4 is 10.1 Å². The third-order valence-corrected chi connectivity index (χ3v) is 3.60. The molecule has 6 nitrogen and oxygen atoms in total. The van der Waals surface area contributed by atoms with Crippen LogP contribution in [-0.4, -0.2) is 17.9 Å². The number of nitrogens with zero attached hydrogens (tertiary/aromatic N) is 1. The van der Waals surface area contributed by atoms with Crippen LogP contribution in [0.3, 0.4) is 0 Å². The summed E-state index contributed by atoms with van der Waals surface area (Å²) in [5.41, 5.74) is 1.07. The number of aryl methyl sites for hydroxylation is 1. The second-order valence-corrected chi connectivity index (χ2v) is 5.36. The summed E-state index contributed by atoms with van der Waals surface area (Å²) in [4.78, 5) is 22.2. The van der Waals surface area contributed by atoms with E-state index in [2.05, 4.69) is 5.32 Å². The quantitative estimate of drug-likeness (QED) is 0.671. The van der Waals surface area contributed by atoms with Gasteiger partial charge in [-0.3, -0.25) is 14.9 Å². The number of halogens is 1. The van der Waals surface area contributed by atoms with Crippen molar-refractivity contribution in [3.05, 3.63) is 69.0 Å². The summed E-state index contributed by atoms with van der Waals surface area (Å²) in [7, 11) is 1.53. The molecule has 1 amide bonds. The maximum atomic E-state index is 13.4. The Hall–Kier alpha value is -2.96. The van der Waals surface area contributed by atoms with E-state index in [1.807, 2.05) is 19.1 Å². The number of hydrogen-bond acceptors (Lipinski definition) is 4. The zero-order valence-corrected chi connectivity index (χ0v) is 13.5. The number of ether oxygens (including phenoxy) is 1. The summed E-state index contributed by atoms with van der Waals surface area (Å²) in [6.45, 7) is 3.69. The second-order valence-electron chi connectivity index (χ2n) is 5.36. The maximum Gasteiger partial charge on any atom is 0.305 e. The molecule has 0 bridgehead atoms. The van der Waals surface area contributed by atoms with Gasteiger partial charge in [-0.2, -0.15) is 4.39 Å². The second kappa shape index (κ2) is 7.08. The Kier molecular flexibility index (Phi) is 5.13. The Morgan fingerprint density at radius 3 is 2.62 bits per heavy atom. The standard InChI is InChI=1S/C17H17FN2O4/c1-10-4-7-16(24-3)13(8-10)11(2)19-17(21)12-5-6-14(18)15(9-12)20(22)23/h4-9,11H,1-3H3,(H,19,21)/t11-/m0/s1. The Balaban J connectivity index is 2.25. The molecular formula is C17H17FN2O4. The molecule has 7 heteroatoms. The number of benzene rings is 2. The van der Waals surface area contributed by atoms with Gasteiger partial charge in [0.05, 0.1) is 18.1 Å². The number of methoxy groups -OCH3 is 1. The van der Waals surface area contributed by atoms with Gasteiger partial charge < -0.3 is 10.1 Å². The number of carbonyl (C=O) groups excluding carboxylic acids is 1. The maximum absolute atomic E-state index is 13.4. The highest BCUT2D eigenvalue weighted by molar-refractivity contribution is 5.95. The lowest BCUT2D eigenvalue weighted by molar-refractivity contribution is -0.387. The normalized spacial score (nSPS) is 11.7. The molecule has 0 spiro atoms.